The lowest BCUT2D eigenvalue weighted by Crippen LogP contribution is -2.46. The molecule has 3 unspecified atom stereocenters. The molecule has 1 saturated heterocycles. The molecule has 1 saturated carbocycles. The van der Waals surface area contributed by atoms with Crippen LogP contribution in [-0.2, 0) is 4.79 Å². The number of nitrogens with zero attached hydrogens (tertiary/aromatic N) is 1. The summed E-state index contributed by atoms with van der Waals surface area (Å²) in [4.78, 5) is 26.0. The predicted octanol–water partition coefficient (Wildman–Crippen LogP) is 2.99. The molecule has 22 heavy (non-hydrogen) atoms. The molecule has 0 bridgehead atoms. The molecule has 118 valence electrons. The number of aryl methyl sites for hydroxylation is 1. The molecule has 1 N–H and O–H groups in total. The van der Waals surface area contributed by atoms with E-state index in [1.807, 2.05) is 0 Å². The van der Waals surface area contributed by atoms with E-state index in [9.17, 15) is 19.1 Å². The zero-order valence-electron chi connectivity index (χ0n) is 12.6. The highest BCUT2D eigenvalue weighted by atomic mass is 19.1. The van der Waals surface area contributed by atoms with Crippen LogP contribution in [0.15, 0.2) is 18.2 Å². The molecule has 0 spiro atoms. The number of fused-ring (bicyclic) bond motifs is 1. The van der Waals surface area contributed by atoms with Crippen LogP contribution < -0.4 is 0 Å². The molecular weight excluding hydrogens is 285 g/mol. The second-order valence-corrected chi connectivity index (χ2v) is 6.37. The smallest absolute Gasteiger partial charge is 0.326 e. The number of hydrogen-bond donors (Lipinski definition) is 1. The maximum absolute atomic E-state index is 13.2. The van der Waals surface area contributed by atoms with Crippen molar-refractivity contribution in [2.24, 2.45) is 5.92 Å². The topological polar surface area (TPSA) is 57.6 Å². The second kappa shape index (κ2) is 5.71. The molecule has 0 aromatic heterocycles. The van der Waals surface area contributed by atoms with Crippen LogP contribution in [0.2, 0.25) is 0 Å². The minimum absolute atomic E-state index is 0.00630. The predicted molar refractivity (Wildman–Crippen MR) is 79.1 cm³/mol. The Kier molecular flexibility index (Phi) is 3.89. The van der Waals surface area contributed by atoms with Gasteiger partial charge < -0.3 is 10.0 Å². The van der Waals surface area contributed by atoms with Crippen LogP contribution in [0.1, 0.15) is 48.0 Å². The van der Waals surface area contributed by atoms with Crippen LogP contribution in [0.25, 0.3) is 0 Å². The first-order chi connectivity index (χ1) is 10.5. The summed E-state index contributed by atoms with van der Waals surface area (Å²) in [5.74, 6) is -1.33. The summed E-state index contributed by atoms with van der Waals surface area (Å²) >= 11 is 0. The second-order valence-electron chi connectivity index (χ2n) is 6.37. The molecule has 1 amide bonds. The number of likely N-dealkylation sites (tertiary alicyclic amines) is 1. The highest BCUT2D eigenvalue weighted by Gasteiger charge is 2.47. The van der Waals surface area contributed by atoms with Crippen molar-refractivity contribution >= 4 is 11.9 Å². The number of benzene rings is 1. The fourth-order valence-electron chi connectivity index (χ4n) is 3.98. The average Bonchev–Trinajstić information content (AvgIpc) is 2.86. The Hall–Kier alpha value is -1.91. The lowest BCUT2D eigenvalue weighted by molar-refractivity contribution is -0.141. The normalized spacial score (nSPS) is 27.5. The molecule has 2 fully saturated rings. The zero-order valence-corrected chi connectivity index (χ0v) is 12.6. The molecule has 2 aliphatic rings. The summed E-state index contributed by atoms with van der Waals surface area (Å²) in [6.45, 7) is 1.68. The zero-order chi connectivity index (χ0) is 15.9. The maximum Gasteiger partial charge on any atom is 0.326 e. The number of hydrogen-bond acceptors (Lipinski definition) is 2. The minimum Gasteiger partial charge on any atom is -0.480 e. The molecule has 1 heterocycles. The van der Waals surface area contributed by atoms with Gasteiger partial charge in [0.2, 0.25) is 0 Å². The Morgan fingerprint density at radius 1 is 1.27 bits per heavy atom. The summed E-state index contributed by atoms with van der Waals surface area (Å²) in [6, 6.07) is 3.28. The third-order valence-corrected chi connectivity index (χ3v) is 5.03. The molecular formula is C17H20FNO3. The SMILES string of the molecule is Cc1cc(F)ccc1C(=O)N1C(C(=O)O)CC2CCCCC21. The minimum atomic E-state index is -0.942. The van der Waals surface area contributed by atoms with Gasteiger partial charge in [-0.25, -0.2) is 9.18 Å². The van der Waals surface area contributed by atoms with E-state index in [-0.39, 0.29) is 23.7 Å². The highest BCUT2D eigenvalue weighted by Crippen LogP contribution is 2.40. The maximum atomic E-state index is 13.2. The first kappa shape index (κ1) is 15.0. The first-order valence-corrected chi connectivity index (χ1v) is 7.80. The van der Waals surface area contributed by atoms with Gasteiger partial charge in [-0.15, -0.1) is 0 Å². The Morgan fingerprint density at radius 2 is 2.00 bits per heavy atom. The van der Waals surface area contributed by atoms with E-state index < -0.39 is 12.0 Å². The number of rotatable bonds is 2. The van der Waals surface area contributed by atoms with Crippen LogP contribution >= 0.6 is 0 Å². The summed E-state index contributed by atoms with van der Waals surface area (Å²) in [6.07, 6.45) is 4.51. The van der Waals surface area contributed by atoms with Gasteiger partial charge in [-0.2, -0.15) is 0 Å². The van der Waals surface area contributed by atoms with Gasteiger partial charge in [0.25, 0.3) is 5.91 Å². The molecule has 1 aliphatic carbocycles. The van der Waals surface area contributed by atoms with Gasteiger partial charge in [0.1, 0.15) is 11.9 Å². The van der Waals surface area contributed by atoms with E-state index in [0.29, 0.717) is 17.5 Å². The number of carboxylic acid groups (broad SMARTS) is 1. The number of aliphatic carboxylic acids is 1. The van der Waals surface area contributed by atoms with E-state index >= 15 is 0 Å². The van der Waals surface area contributed by atoms with Gasteiger partial charge in [-0.3, -0.25) is 4.79 Å². The lowest BCUT2D eigenvalue weighted by Gasteiger charge is -2.33. The summed E-state index contributed by atoms with van der Waals surface area (Å²) in [5, 5.41) is 9.49. The van der Waals surface area contributed by atoms with Gasteiger partial charge in [0.05, 0.1) is 0 Å². The number of carbonyl (C=O) groups is 2. The van der Waals surface area contributed by atoms with Crippen molar-refractivity contribution in [3.63, 3.8) is 0 Å². The molecule has 1 aliphatic heterocycles. The molecule has 0 radical (unpaired) electrons. The fraction of sp³-hybridized carbons (Fsp3) is 0.529. The summed E-state index contributed by atoms with van der Waals surface area (Å²) in [7, 11) is 0. The Morgan fingerprint density at radius 3 is 2.68 bits per heavy atom. The van der Waals surface area contributed by atoms with E-state index in [2.05, 4.69) is 0 Å². The van der Waals surface area contributed by atoms with Gasteiger partial charge >= 0.3 is 5.97 Å². The Labute approximate surface area is 128 Å². The molecule has 3 rings (SSSR count). The largest absolute Gasteiger partial charge is 0.480 e. The Bertz CT molecular complexity index is 616. The number of carboxylic acids is 1. The van der Waals surface area contributed by atoms with Crippen molar-refractivity contribution < 1.29 is 19.1 Å². The summed E-state index contributed by atoms with van der Waals surface area (Å²) in [5.41, 5.74) is 0.951. The van der Waals surface area contributed by atoms with Crippen molar-refractivity contribution in [2.45, 2.75) is 51.1 Å². The van der Waals surface area contributed by atoms with E-state index in [0.717, 1.165) is 25.7 Å². The molecule has 1 aromatic rings. The van der Waals surface area contributed by atoms with Crippen LogP contribution in [0.4, 0.5) is 4.39 Å². The number of amides is 1. The molecule has 5 heteroatoms. The lowest BCUT2D eigenvalue weighted by atomic mass is 9.84. The van der Waals surface area contributed by atoms with E-state index in [1.165, 1.54) is 18.2 Å². The molecule has 3 atom stereocenters. The van der Waals surface area contributed by atoms with Crippen LogP contribution in [-0.4, -0.2) is 34.0 Å². The molecule has 1 aromatic carbocycles. The van der Waals surface area contributed by atoms with E-state index in [1.54, 1.807) is 11.8 Å². The van der Waals surface area contributed by atoms with Gasteiger partial charge in [-0.1, -0.05) is 12.8 Å². The van der Waals surface area contributed by atoms with Crippen LogP contribution in [0, 0.1) is 18.7 Å². The third-order valence-electron chi connectivity index (χ3n) is 5.03. The highest BCUT2D eigenvalue weighted by molar-refractivity contribution is 5.98. The van der Waals surface area contributed by atoms with Crippen molar-refractivity contribution in [2.75, 3.05) is 0 Å². The fourth-order valence-corrected chi connectivity index (χ4v) is 3.98. The number of halogens is 1. The van der Waals surface area contributed by atoms with Crippen molar-refractivity contribution in [3.8, 4) is 0 Å². The average molecular weight is 305 g/mol. The van der Waals surface area contributed by atoms with Crippen molar-refractivity contribution in [1.29, 1.82) is 0 Å². The standard InChI is InChI=1S/C17H20FNO3/c1-10-8-12(18)6-7-13(10)16(20)19-14-5-3-2-4-11(14)9-15(19)17(21)22/h6-8,11,14-15H,2-5,9H2,1H3,(H,21,22). The Balaban J connectivity index is 1.95. The number of carbonyl (C=O) groups excluding carboxylic acids is 1. The van der Waals surface area contributed by atoms with Gasteiger partial charge in [-0.05, 0) is 55.9 Å². The van der Waals surface area contributed by atoms with Crippen molar-refractivity contribution in [3.05, 3.63) is 35.1 Å². The quantitative estimate of drug-likeness (QED) is 0.914. The van der Waals surface area contributed by atoms with E-state index in [4.69, 9.17) is 0 Å². The monoisotopic (exact) mass is 305 g/mol. The molecule has 4 nitrogen and oxygen atoms in total. The van der Waals surface area contributed by atoms with Crippen LogP contribution in [0.5, 0.6) is 0 Å². The van der Waals surface area contributed by atoms with Crippen molar-refractivity contribution in [1.82, 2.24) is 4.90 Å². The summed E-state index contributed by atoms with van der Waals surface area (Å²) < 4.78 is 13.2. The first-order valence-electron chi connectivity index (χ1n) is 7.80. The van der Waals surface area contributed by atoms with Crippen LogP contribution in [0.3, 0.4) is 0 Å². The van der Waals surface area contributed by atoms with Gasteiger partial charge in [0, 0.05) is 11.6 Å². The third kappa shape index (κ3) is 2.49. The van der Waals surface area contributed by atoms with Gasteiger partial charge in [0.15, 0.2) is 0 Å².